The van der Waals surface area contributed by atoms with Crippen molar-refractivity contribution in [1.29, 1.82) is 0 Å². The maximum absolute atomic E-state index is 12.6. The average molecular weight is 260 g/mol. The van der Waals surface area contributed by atoms with Gasteiger partial charge in [0.25, 0.3) is 5.91 Å². The Bertz CT molecular complexity index is 591. The zero-order valence-corrected chi connectivity index (χ0v) is 10.6. The van der Waals surface area contributed by atoms with Crippen molar-refractivity contribution in [2.75, 3.05) is 13.2 Å². The smallest absolute Gasteiger partial charge is 0.258 e. The average Bonchev–Trinajstić information content (AvgIpc) is 2.79. The number of nitrogens with zero attached hydrogens (tertiary/aromatic N) is 4. The zero-order chi connectivity index (χ0) is 13.2. The van der Waals surface area contributed by atoms with Crippen LogP contribution in [0.2, 0.25) is 0 Å². The van der Waals surface area contributed by atoms with Gasteiger partial charge in [-0.25, -0.2) is 4.52 Å². The second-order valence-electron chi connectivity index (χ2n) is 4.77. The Morgan fingerprint density at radius 3 is 3.00 bits per heavy atom. The van der Waals surface area contributed by atoms with E-state index in [4.69, 9.17) is 5.11 Å². The van der Waals surface area contributed by atoms with Gasteiger partial charge in [-0.3, -0.25) is 9.78 Å². The molecular weight excluding hydrogens is 244 g/mol. The van der Waals surface area contributed by atoms with Crippen molar-refractivity contribution in [3.63, 3.8) is 0 Å². The maximum Gasteiger partial charge on any atom is 0.258 e. The lowest BCUT2D eigenvalue weighted by Gasteiger charge is -2.37. The fraction of sp³-hybridized carbons (Fsp3) is 0.462. The molecule has 0 aliphatic heterocycles. The van der Waals surface area contributed by atoms with Crippen LogP contribution in [0.1, 0.15) is 29.6 Å². The minimum Gasteiger partial charge on any atom is -0.395 e. The molecule has 0 spiro atoms. The lowest BCUT2D eigenvalue weighted by Crippen LogP contribution is -2.45. The quantitative estimate of drug-likeness (QED) is 0.879. The summed E-state index contributed by atoms with van der Waals surface area (Å²) in [5.74, 6) is -0.0678. The summed E-state index contributed by atoms with van der Waals surface area (Å²) in [7, 11) is 0. The van der Waals surface area contributed by atoms with Crippen LogP contribution in [0.3, 0.4) is 0 Å². The molecule has 6 nitrogen and oxygen atoms in total. The number of hydrogen-bond donors (Lipinski definition) is 1. The van der Waals surface area contributed by atoms with Gasteiger partial charge < -0.3 is 10.0 Å². The van der Waals surface area contributed by atoms with Gasteiger partial charge >= 0.3 is 0 Å². The van der Waals surface area contributed by atoms with E-state index in [0.717, 1.165) is 19.3 Å². The number of aliphatic hydroxyl groups excluding tert-OH is 1. The van der Waals surface area contributed by atoms with E-state index in [1.165, 1.54) is 0 Å². The molecule has 0 saturated heterocycles. The van der Waals surface area contributed by atoms with Gasteiger partial charge in [-0.05, 0) is 19.3 Å². The van der Waals surface area contributed by atoms with E-state index in [-0.39, 0.29) is 18.6 Å². The van der Waals surface area contributed by atoms with Gasteiger partial charge in [-0.1, -0.05) is 0 Å². The summed E-state index contributed by atoms with van der Waals surface area (Å²) in [6, 6.07) is 0.256. The molecule has 1 fully saturated rings. The number of hydrogen-bond acceptors (Lipinski definition) is 4. The van der Waals surface area contributed by atoms with Crippen LogP contribution in [0.25, 0.3) is 5.52 Å². The number of aliphatic hydroxyl groups is 1. The molecule has 2 heterocycles. The molecule has 1 saturated carbocycles. The molecule has 100 valence electrons. The van der Waals surface area contributed by atoms with E-state index >= 15 is 0 Å². The normalized spacial score (nSPS) is 15.4. The van der Waals surface area contributed by atoms with Crippen molar-refractivity contribution in [2.24, 2.45) is 0 Å². The third-order valence-corrected chi connectivity index (χ3v) is 3.67. The highest BCUT2D eigenvalue weighted by Gasteiger charge is 2.30. The molecule has 3 rings (SSSR count). The van der Waals surface area contributed by atoms with Gasteiger partial charge in [-0.15, -0.1) is 0 Å². The highest BCUT2D eigenvalue weighted by Crippen LogP contribution is 2.26. The lowest BCUT2D eigenvalue weighted by molar-refractivity contribution is 0.0527. The zero-order valence-electron chi connectivity index (χ0n) is 10.6. The molecule has 0 bridgehead atoms. The van der Waals surface area contributed by atoms with E-state index in [1.807, 2.05) is 0 Å². The monoisotopic (exact) mass is 260 g/mol. The number of carbonyl (C=O) groups excluding carboxylic acids is 1. The molecule has 6 heteroatoms. The summed E-state index contributed by atoms with van der Waals surface area (Å²) >= 11 is 0. The minimum atomic E-state index is -0.0678. The molecule has 0 atom stereocenters. The summed E-state index contributed by atoms with van der Waals surface area (Å²) in [6.45, 7) is 0.362. The van der Waals surface area contributed by atoms with Gasteiger partial charge in [0, 0.05) is 25.0 Å². The largest absolute Gasteiger partial charge is 0.395 e. The van der Waals surface area contributed by atoms with Crippen molar-refractivity contribution in [1.82, 2.24) is 19.5 Å². The van der Waals surface area contributed by atoms with Crippen LogP contribution < -0.4 is 0 Å². The van der Waals surface area contributed by atoms with Crippen LogP contribution in [-0.4, -0.2) is 49.7 Å². The summed E-state index contributed by atoms with van der Waals surface area (Å²) < 4.78 is 1.64. The summed E-state index contributed by atoms with van der Waals surface area (Å²) in [6.07, 6.45) is 9.74. The SMILES string of the molecule is O=C(c1cnn2ccncc12)N(CCO)C1CCC1. The molecule has 2 aromatic heterocycles. The van der Waals surface area contributed by atoms with E-state index in [2.05, 4.69) is 10.1 Å². The van der Waals surface area contributed by atoms with Crippen LogP contribution in [-0.2, 0) is 0 Å². The van der Waals surface area contributed by atoms with Crippen LogP contribution in [0, 0.1) is 0 Å². The molecule has 1 aliphatic carbocycles. The van der Waals surface area contributed by atoms with E-state index in [0.29, 0.717) is 17.6 Å². The van der Waals surface area contributed by atoms with Crippen LogP contribution in [0.4, 0.5) is 0 Å². The first-order valence-corrected chi connectivity index (χ1v) is 6.50. The predicted octanol–water partition coefficient (Wildman–Crippen LogP) is 0.716. The first kappa shape index (κ1) is 12.1. The number of carbonyl (C=O) groups is 1. The molecule has 0 unspecified atom stereocenters. The third-order valence-electron chi connectivity index (χ3n) is 3.67. The van der Waals surface area contributed by atoms with Crippen molar-refractivity contribution >= 4 is 11.4 Å². The molecule has 1 aliphatic rings. The van der Waals surface area contributed by atoms with Crippen molar-refractivity contribution in [3.05, 3.63) is 30.4 Å². The fourth-order valence-electron chi connectivity index (χ4n) is 2.41. The highest BCUT2D eigenvalue weighted by molar-refractivity contribution is 6.00. The number of rotatable bonds is 4. The number of amides is 1. The third kappa shape index (κ3) is 2.08. The summed E-state index contributed by atoms with van der Waals surface area (Å²) in [4.78, 5) is 18.4. The topological polar surface area (TPSA) is 70.7 Å². The van der Waals surface area contributed by atoms with Crippen LogP contribution in [0.5, 0.6) is 0 Å². The first-order chi connectivity index (χ1) is 9.31. The maximum atomic E-state index is 12.6. The van der Waals surface area contributed by atoms with Crippen molar-refractivity contribution in [3.8, 4) is 0 Å². The van der Waals surface area contributed by atoms with Gasteiger partial charge in [0.1, 0.15) is 0 Å². The molecule has 1 N–H and O–H groups in total. The Labute approximate surface area is 110 Å². The Hall–Kier alpha value is -1.95. The summed E-state index contributed by atoms with van der Waals surface area (Å²) in [5, 5.41) is 13.3. The van der Waals surface area contributed by atoms with Crippen LogP contribution in [0.15, 0.2) is 24.8 Å². The standard InChI is InChI=1S/C13H16N4O2/c18-7-6-16(10-2-1-3-10)13(19)11-8-15-17-5-4-14-9-12(11)17/h4-5,8-10,18H,1-3,6-7H2. The van der Waals surface area contributed by atoms with Crippen molar-refractivity contribution < 1.29 is 9.90 Å². The van der Waals surface area contributed by atoms with E-state index < -0.39 is 0 Å². The number of aromatic nitrogens is 3. The Morgan fingerprint density at radius 1 is 1.47 bits per heavy atom. The lowest BCUT2D eigenvalue weighted by atomic mass is 9.91. The predicted molar refractivity (Wildman–Crippen MR) is 68.7 cm³/mol. The fourth-order valence-corrected chi connectivity index (χ4v) is 2.41. The van der Waals surface area contributed by atoms with E-state index in [9.17, 15) is 4.79 Å². The van der Waals surface area contributed by atoms with Gasteiger partial charge in [0.15, 0.2) is 0 Å². The Kier molecular flexibility index (Phi) is 3.16. The second-order valence-corrected chi connectivity index (χ2v) is 4.77. The first-order valence-electron chi connectivity index (χ1n) is 6.50. The Balaban J connectivity index is 1.92. The van der Waals surface area contributed by atoms with Gasteiger partial charge in [0.2, 0.25) is 0 Å². The second kappa shape index (κ2) is 4.97. The molecule has 19 heavy (non-hydrogen) atoms. The molecule has 2 aromatic rings. The number of fused-ring (bicyclic) bond motifs is 1. The van der Waals surface area contributed by atoms with E-state index in [1.54, 1.807) is 34.2 Å². The molecule has 0 radical (unpaired) electrons. The van der Waals surface area contributed by atoms with Gasteiger partial charge in [-0.2, -0.15) is 5.10 Å². The van der Waals surface area contributed by atoms with Crippen molar-refractivity contribution in [2.45, 2.75) is 25.3 Å². The summed E-state index contributed by atoms with van der Waals surface area (Å²) in [5.41, 5.74) is 1.25. The molecular formula is C13H16N4O2. The van der Waals surface area contributed by atoms with Gasteiger partial charge in [0.05, 0.1) is 30.1 Å². The van der Waals surface area contributed by atoms with Crippen LogP contribution >= 0.6 is 0 Å². The molecule has 1 amide bonds. The minimum absolute atomic E-state index is 0.0142. The Morgan fingerprint density at radius 2 is 2.32 bits per heavy atom. The highest BCUT2D eigenvalue weighted by atomic mass is 16.3. The molecule has 0 aromatic carbocycles.